The van der Waals surface area contributed by atoms with E-state index in [1.807, 2.05) is 27.8 Å². The number of carbonyl (C=O) groups excluding carboxylic acids is 1. The van der Waals surface area contributed by atoms with E-state index in [0.29, 0.717) is 36.8 Å². The van der Waals surface area contributed by atoms with Crippen LogP contribution in [0.15, 0.2) is 30.5 Å². The summed E-state index contributed by atoms with van der Waals surface area (Å²) in [5.41, 5.74) is 2.66. The molecule has 1 amide bonds. The highest BCUT2D eigenvalue weighted by molar-refractivity contribution is 5.77. The first-order chi connectivity index (χ1) is 14.0. The van der Waals surface area contributed by atoms with Gasteiger partial charge in [0.2, 0.25) is 5.91 Å². The molecule has 0 aliphatic carbocycles. The van der Waals surface area contributed by atoms with Crippen molar-refractivity contribution in [1.82, 2.24) is 24.8 Å². The van der Waals surface area contributed by atoms with E-state index in [1.165, 1.54) is 0 Å². The van der Waals surface area contributed by atoms with Crippen LogP contribution in [0.4, 0.5) is 0 Å². The number of hydrogen-bond donors (Lipinski definition) is 0. The van der Waals surface area contributed by atoms with Crippen LogP contribution in [0.5, 0.6) is 0 Å². The first-order valence-corrected chi connectivity index (χ1v) is 10.4. The Morgan fingerprint density at radius 1 is 1.28 bits per heavy atom. The number of likely N-dealkylation sites (N-methyl/N-ethyl adjacent to an activating group) is 1. The van der Waals surface area contributed by atoms with Crippen molar-refractivity contribution in [2.45, 2.75) is 38.1 Å². The molecule has 4 rings (SSSR count). The molecule has 2 aliphatic rings. The molecule has 0 saturated carbocycles. The molecule has 29 heavy (non-hydrogen) atoms. The van der Waals surface area contributed by atoms with E-state index in [9.17, 15) is 10.1 Å². The number of likely N-dealkylation sites (tertiary alicyclic amines) is 2. The van der Waals surface area contributed by atoms with Crippen LogP contribution in [0, 0.1) is 17.2 Å². The quantitative estimate of drug-likeness (QED) is 0.780. The van der Waals surface area contributed by atoms with E-state index >= 15 is 0 Å². The summed E-state index contributed by atoms with van der Waals surface area (Å²) < 4.78 is 1.97. The predicted octanol–water partition coefficient (Wildman–Crippen LogP) is 2.22. The Morgan fingerprint density at radius 2 is 2.10 bits per heavy atom. The second-order valence-corrected chi connectivity index (χ2v) is 8.48. The normalized spacial score (nSPS) is 24.7. The van der Waals surface area contributed by atoms with Gasteiger partial charge in [0.15, 0.2) is 0 Å². The molecule has 1 aromatic carbocycles. The number of rotatable bonds is 5. The smallest absolute Gasteiger partial charge is 0.222 e. The first kappa shape index (κ1) is 19.6. The molecular weight excluding hydrogens is 364 g/mol. The van der Waals surface area contributed by atoms with Crippen molar-refractivity contribution in [3.05, 3.63) is 47.3 Å². The fourth-order valence-electron chi connectivity index (χ4n) is 4.56. The van der Waals surface area contributed by atoms with E-state index in [-0.39, 0.29) is 11.9 Å². The van der Waals surface area contributed by atoms with Gasteiger partial charge >= 0.3 is 0 Å². The molecule has 2 saturated heterocycles. The molecule has 1 aromatic heterocycles. The fourth-order valence-corrected chi connectivity index (χ4v) is 4.56. The maximum Gasteiger partial charge on any atom is 0.222 e. The van der Waals surface area contributed by atoms with Crippen molar-refractivity contribution >= 4 is 5.91 Å². The average Bonchev–Trinajstić information content (AvgIpc) is 3.45. The highest BCUT2D eigenvalue weighted by atomic mass is 16.2. The molecule has 3 atom stereocenters. The maximum atomic E-state index is 12.8. The van der Waals surface area contributed by atoms with Crippen molar-refractivity contribution in [2.75, 3.05) is 33.2 Å². The lowest BCUT2D eigenvalue weighted by Gasteiger charge is -2.16. The van der Waals surface area contributed by atoms with Crippen molar-refractivity contribution in [1.29, 1.82) is 5.26 Å². The molecule has 7 nitrogen and oxygen atoms in total. The summed E-state index contributed by atoms with van der Waals surface area (Å²) in [4.78, 5) is 17.0. The molecule has 3 heterocycles. The Kier molecular flexibility index (Phi) is 5.63. The van der Waals surface area contributed by atoms with Crippen molar-refractivity contribution in [3.63, 3.8) is 0 Å². The number of amides is 1. The van der Waals surface area contributed by atoms with Gasteiger partial charge in [-0.25, -0.2) is 4.68 Å². The molecule has 0 radical (unpaired) electrons. The number of carbonyl (C=O) groups is 1. The third-order valence-corrected chi connectivity index (χ3v) is 6.35. The Labute approximate surface area is 171 Å². The molecule has 2 fully saturated rings. The largest absolute Gasteiger partial charge is 0.340 e. The molecule has 0 N–H and O–H groups in total. The summed E-state index contributed by atoms with van der Waals surface area (Å²) in [7, 11) is 2.14. The zero-order valence-corrected chi connectivity index (χ0v) is 17.2. The molecule has 2 aliphatic heterocycles. The standard InChI is InChI=1S/C22H28N6O/c1-16-12-27(22(29)8-7-17-5-3-4-6-18(17)11-23)15-21(16)28-14-20(24-25-28)19-9-10-26(2)13-19/h3-6,14,16,19,21H,7-10,12-13,15H2,1-2H3/t16-,19?,21+/m1/s1. The summed E-state index contributed by atoms with van der Waals surface area (Å²) in [6.07, 6.45) is 4.24. The lowest BCUT2D eigenvalue weighted by Crippen LogP contribution is -2.29. The van der Waals surface area contributed by atoms with Gasteiger partial charge in [0.05, 0.1) is 23.4 Å². The monoisotopic (exact) mass is 392 g/mol. The van der Waals surface area contributed by atoms with E-state index in [2.05, 4.69) is 41.4 Å². The molecule has 0 spiro atoms. The van der Waals surface area contributed by atoms with Gasteiger partial charge in [-0.15, -0.1) is 5.10 Å². The molecule has 2 aromatic rings. The predicted molar refractivity (Wildman–Crippen MR) is 109 cm³/mol. The van der Waals surface area contributed by atoms with Gasteiger partial charge < -0.3 is 9.80 Å². The number of benzene rings is 1. The van der Waals surface area contributed by atoms with E-state index in [1.54, 1.807) is 6.07 Å². The van der Waals surface area contributed by atoms with Gasteiger partial charge in [-0.3, -0.25) is 4.79 Å². The average molecular weight is 393 g/mol. The Balaban J connectivity index is 1.36. The second-order valence-electron chi connectivity index (χ2n) is 8.48. The SMILES string of the molecule is C[C@@H]1CN(C(=O)CCc2ccccc2C#N)C[C@@H]1n1cc(C2CCN(C)C2)nn1. The Morgan fingerprint density at radius 3 is 2.86 bits per heavy atom. The Hall–Kier alpha value is -2.72. The number of nitrogens with zero attached hydrogens (tertiary/aromatic N) is 6. The van der Waals surface area contributed by atoms with Crippen LogP contribution in [0.25, 0.3) is 0 Å². The van der Waals surface area contributed by atoms with Gasteiger partial charge in [0.1, 0.15) is 0 Å². The van der Waals surface area contributed by atoms with Gasteiger partial charge in [-0.2, -0.15) is 5.26 Å². The lowest BCUT2D eigenvalue weighted by atomic mass is 10.0. The van der Waals surface area contributed by atoms with Crippen LogP contribution < -0.4 is 0 Å². The van der Waals surface area contributed by atoms with E-state index in [0.717, 1.165) is 37.3 Å². The number of hydrogen-bond acceptors (Lipinski definition) is 5. The zero-order valence-electron chi connectivity index (χ0n) is 17.2. The Bertz CT molecular complexity index is 916. The van der Waals surface area contributed by atoms with Crippen LogP contribution >= 0.6 is 0 Å². The van der Waals surface area contributed by atoms with Crippen LogP contribution in [0.2, 0.25) is 0 Å². The minimum Gasteiger partial charge on any atom is -0.340 e. The summed E-state index contributed by atoms with van der Waals surface area (Å²) >= 11 is 0. The molecular formula is C22H28N6O. The van der Waals surface area contributed by atoms with Crippen LogP contribution in [0.3, 0.4) is 0 Å². The summed E-state index contributed by atoms with van der Waals surface area (Å²) in [5, 5.41) is 18.1. The van der Waals surface area contributed by atoms with Crippen molar-refractivity contribution < 1.29 is 4.79 Å². The third kappa shape index (κ3) is 4.18. The van der Waals surface area contributed by atoms with Gasteiger partial charge in [-0.1, -0.05) is 30.3 Å². The van der Waals surface area contributed by atoms with E-state index in [4.69, 9.17) is 0 Å². The first-order valence-electron chi connectivity index (χ1n) is 10.4. The van der Waals surface area contributed by atoms with Crippen molar-refractivity contribution in [3.8, 4) is 6.07 Å². The van der Waals surface area contributed by atoms with Crippen LogP contribution in [-0.4, -0.2) is 63.9 Å². The lowest BCUT2D eigenvalue weighted by molar-refractivity contribution is -0.130. The molecule has 1 unspecified atom stereocenters. The highest BCUT2D eigenvalue weighted by Gasteiger charge is 2.35. The topological polar surface area (TPSA) is 78.0 Å². The minimum atomic E-state index is 0.143. The highest BCUT2D eigenvalue weighted by Crippen LogP contribution is 2.30. The molecule has 0 bridgehead atoms. The number of nitriles is 1. The summed E-state index contributed by atoms with van der Waals surface area (Å²) in [6.45, 7) is 5.73. The number of aromatic nitrogens is 3. The van der Waals surface area contributed by atoms with Gasteiger partial charge in [0.25, 0.3) is 0 Å². The minimum absolute atomic E-state index is 0.143. The zero-order chi connectivity index (χ0) is 20.4. The van der Waals surface area contributed by atoms with E-state index < -0.39 is 0 Å². The van der Waals surface area contributed by atoms with Crippen molar-refractivity contribution in [2.24, 2.45) is 5.92 Å². The molecule has 152 valence electrons. The van der Waals surface area contributed by atoms with Gasteiger partial charge in [0, 0.05) is 38.2 Å². The molecule has 7 heteroatoms. The second kappa shape index (κ2) is 8.34. The van der Waals surface area contributed by atoms with Crippen LogP contribution in [-0.2, 0) is 11.2 Å². The van der Waals surface area contributed by atoms with Gasteiger partial charge in [-0.05, 0) is 44.0 Å². The summed E-state index contributed by atoms with van der Waals surface area (Å²) in [5.74, 6) is 0.944. The maximum absolute atomic E-state index is 12.8. The van der Waals surface area contributed by atoms with Crippen LogP contribution in [0.1, 0.15) is 48.5 Å². The number of aryl methyl sites for hydroxylation is 1. The summed E-state index contributed by atoms with van der Waals surface area (Å²) in [6, 6.07) is 9.88. The fraction of sp³-hybridized carbons (Fsp3) is 0.545. The third-order valence-electron chi connectivity index (χ3n) is 6.35.